The quantitative estimate of drug-likeness (QED) is 0.930. The van der Waals surface area contributed by atoms with Gasteiger partial charge in [-0.1, -0.05) is 6.07 Å². The number of nitrogens with one attached hydrogen (secondary N) is 1. The average molecular weight is 324 g/mol. The van der Waals surface area contributed by atoms with Gasteiger partial charge in [0, 0.05) is 18.0 Å². The zero-order chi connectivity index (χ0) is 16.2. The highest BCUT2D eigenvalue weighted by Crippen LogP contribution is 2.20. The van der Waals surface area contributed by atoms with E-state index in [1.165, 1.54) is 0 Å². The van der Waals surface area contributed by atoms with E-state index in [-0.39, 0.29) is 17.9 Å². The molecule has 1 aromatic heterocycles. The van der Waals surface area contributed by atoms with Gasteiger partial charge in [0.15, 0.2) is 0 Å². The second-order valence-corrected chi connectivity index (χ2v) is 7.59. The van der Waals surface area contributed by atoms with E-state index in [4.69, 9.17) is 4.74 Å². The largest absolute Gasteiger partial charge is 0.444 e. The molecule has 0 radical (unpaired) electrons. The van der Waals surface area contributed by atoms with Crippen molar-refractivity contribution in [3.63, 3.8) is 0 Å². The van der Waals surface area contributed by atoms with Crippen molar-refractivity contribution >= 4 is 23.3 Å². The van der Waals surface area contributed by atoms with Gasteiger partial charge in [-0.25, -0.2) is 4.79 Å². The second kappa shape index (κ2) is 7.13. The number of rotatable bonds is 3. The molecule has 1 aliphatic heterocycles. The number of thiophene rings is 1. The summed E-state index contributed by atoms with van der Waals surface area (Å²) >= 11 is 1.62. The standard InChI is InChI=1S/C16H24N2O3S/c1-16(2,3)21-15(20)18-8-4-6-12(11-18)14(19)17-10-13-7-5-9-22-13/h5,7,9,12H,4,6,8,10-11H2,1-3H3,(H,17,19). The molecule has 5 nitrogen and oxygen atoms in total. The molecule has 1 saturated heterocycles. The Balaban J connectivity index is 1.84. The number of carbonyl (C=O) groups is 2. The van der Waals surface area contributed by atoms with Crippen LogP contribution in [0.2, 0.25) is 0 Å². The molecule has 0 aliphatic carbocycles. The number of hydrogen-bond donors (Lipinski definition) is 1. The fourth-order valence-corrected chi connectivity index (χ4v) is 3.06. The molecule has 1 atom stereocenters. The molecule has 2 rings (SSSR count). The summed E-state index contributed by atoms with van der Waals surface area (Å²) in [5.74, 6) is -0.136. The van der Waals surface area contributed by atoms with Crippen molar-refractivity contribution in [2.45, 2.75) is 45.8 Å². The first-order valence-electron chi connectivity index (χ1n) is 7.63. The molecule has 1 aliphatic rings. The van der Waals surface area contributed by atoms with Crippen molar-refractivity contribution in [1.82, 2.24) is 10.2 Å². The topological polar surface area (TPSA) is 58.6 Å². The molecule has 0 bridgehead atoms. The van der Waals surface area contributed by atoms with Gasteiger partial charge in [0.2, 0.25) is 5.91 Å². The van der Waals surface area contributed by atoms with E-state index in [2.05, 4.69) is 5.32 Å². The van der Waals surface area contributed by atoms with Crippen molar-refractivity contribution in [2.75, 3.05) is 13.1 Å². The van der Waals surface area contributed by atoms with Gasteiger partial charge in [-0.15, -0.1) is 11.3 Å². The zero-order valence-electron chi connectivity index (χ0n) is 13.4. The zero-order valence-corrected chi connectivity index (χ0v) is 14.2. The minimum atomic E-state index is -0.508. The molecule has 0 saturated carbocycles. The van der Waals surface area contributed by atoms with Crippen molar-refractivity contribution in [3.05, 3.63) is 22.4 Å². The number of hydrogen-bond acceptors (Lipinski definition) is 4. The normalized spacial score (nSPS) is 18.9. The lowest BCUT2D eigenvalue weighted by atomic mass is 9.97. The van der Waals surface area contributed by atoms with Crippen LogP contribution in [0.1, 0.15) is 38.5 Å². The predicted octanol–water partition coefficient (Wildman–Crippen LogP) is 3.01. The summed E-state index contributed by atoms with van der Waals surface area (Å²) in [4.78, 5) is 27.1. The highest BCUT2D eigenvalue weighted by Gasteiger charge is 2.30. The molecular formula is C16H24N2O3S. The van der Waals surface area contributed by atoms with Gasteiger partial charge < -0.3 is 15.0 Å². The van der Waals surface area contributed by atoms with Gasteiger partial charge in [-0.3, -0.25) is 4.79 Å². The van der Waals surface area contributed by atoms with Crippen LogP contribution >= 0.6 is 11.3 Å². The maximum absolute atomic E-state index is 12.3. The van der Waals surface area contributed by atoms with Gasteiger partial charge in [0.05, 0.1) is 12.5 Å². The lowest BCUT2D eigenvalue weighted by Crippen LogP contribution is -2.46. The summed E-state index contributed by atoms with van der Waals surface area (Å²) in [6.07, 6.45) is 1.31. The second-order valence-electron chi connectivity index (χ2n) is 6.56. The van der Waals surface area contributed by atoms with Crippen LogP contribution in [0.5, 0.6) is 0 Å². The van der Waals surface area contributed by atoms with E-state index < -0.39 is 5.60 Å². The van der Waals surface area contributed by atoms with Crippen LogP contribution in [0.25, 0.3) is 0 Å². The Bertz CT molecular complexity index is 508. The van der Waals surface area contributed by atoms with Crippen molar-refractivity contribution < 1.29 is 14.3 Å². The number of amides is 2. The number of ether oxygens (including phenoxy) is 1. The Morgan fingerprint density at radius 1 is 1.45 bits per heavy atom. The van der Waals surface area contributed by atoms with E-state index in [1.54, 1.807) is 16.2 Å². The van der Waals surface area contributed by atoms with Crippen molar-refractivity contribution in [3.8, 4) is 0 Å². The smallest absolute Gasteiger partial charge is 0.410 e. The average Bonchev–Trinajstić information content (AvgIpc) is 2.96. The van der Waals surface area contributed by atoms with Crippen LogP contribution in [-0.4, -0.2) is 35.6 Å². The molecule has 1 aromatic rings. The number of carbonyl (C=O) groups excluding carboxylic acids is 2. The van der Waals surface area contributed by atoms with E-state index >= 15 is 0 Å². The number of nitrogens with zero attached hydrogens (tertiary/aromatic N) is 1. The molecule has 2 amide bonds. The van der Waals surface area contributed by atoms with E-state index in [0.29, 0.717) is 19.6 Å². The predicted molar refractivity (Wildman–Crippen MR) is 86.7 cm³/mol. The Hall–Kier alpha value is -1.56. The van der Waals surface area contributed by atoms with Crippen LogP contribution in [-0.2, 0) is 16.1 Å². The van der Waals surface area contributed by atoms with Gasteiger partial charge in [0.25, 0.3) is 0 Å². The Kier molecular flexibility index (Phi) is 5.45. The van der Waals surface area contributed by atoms with E-state index in [0.717, 1.165) is 17.7 Å². The summed E-state index contributed by atoms with van der Waals surface area (Å²) in [5.41, 5.74) is -0.508. The summed E-state index contributed by atoms with van der Waals surface area (Å²) in [6.45, 7) is 7.19. The Morgan fingerprint density at radius 3 is 2.86 bits per heavy atom. The van der Waals surface area contributed by atoms with E-state index in [1.807, 2.05) is 38.3 Å². The molecule has 122 valence electrons. The third-order valence-corrected chi connectivity index (χ3v) is 4.34. The minimum absolute atomic E-state index is 0.0154. The van der Waals surface area contributed by atoms with E-state index in [9.17, 15) is 9.59 Å². The summed E-state index contributed by atoms with van der Waals surface area (Å²) in [6, 6.07) is 3.97. The lowest BCUT2D eigenvalue weighted by Gasteiger charge is -2.33. The van der Waals surface area contributed by atoms with Crippen LogP contribution < -0.4 is 5.32 Å². The van der Waals surface area contributed by atoms with Crippen LogP contribution in [0, 0.1) is 5.92 Å². The molecule has 1 N–H and O–H groups in total. The molecule has 2 heterocycles. The maximum atomic E-state index is 12.3. The maximum Gasteiger partial charge on any atom is 0.410 e. The Morgan fingerprint density at radius 2 is 2.23 bits per heavy atom. The molecule has 6 heteroatoms. The Labute approximate surface area is 135 Å². The SMILES string of the molecule is CC(C)(C)OC(=O)N1CCCC(C(=O)NCc2cccs2)C1. The van der Waals surface area contributed by atoms with Crippen LogP contribution in [0.15, 0.2) is 17.5 Å². The molecular weight excluding hydrogens is 300 g/mol. The van der Waals surface area contributed by atoms with Crippen molar-refractivity contribution in [2.24, 2.45) is 5.92 Å². The number of piperidine rings is 1. The van der Waals surface area contributed by atoms with Gasteiger partial charge >= 0.3 is 6.09 Å². The van der Waals surface area contributed by atoms with Crippen molar-refractivity contribution in [1.29, 1.82) is 0 Å². The fourth-order valence-electron chi connectivity index (χ4n) is 2.42. The van der Waals surface area contributed by atoms with Gasteiger partial charge in [0.1, 0.15) is 5.60 Å². The lowest BCUT2D eigenvalue weighted by molar-refractivity contribution is -0.126. The highest BCUT2D eigenvalue weighted by atomic mass is 32.1. The van der Waals surface area contributed by atoms with Gasteiger partial charge in [-0.05, 0) is 45.1 Å². The number of likely N-dealkylation sites (tertiary alicyclic amines) is 1. The monoisotopic (exact) mass is 324 g/mol. The molecule has 1 fully saturated rings. The summed E-state index contributed by atoms with van der Waals surface area (Å²) in [7, 11) is 0. The first kappa shape index (κ1) is 16.8. The minimum Gasteiger partial charge on any atom is -0.444 e. The molecule has 1 unspecified atom stereocenters. The third-order valence-electron chi connectivity index (χ3n) is 3.46. The molecule has 22 heavy (non-hydrogen) atoms. The summed E-state index contributed by atoms with van der Waals surface area (Å²) in [5, 5.41) is 4.95. The first-order valence-corrected chi connectivity index (χ1v) is 8.51. The first-order chi connectivity index (χ1) is 10.3. The van der Waals surface area contributed by atoms with Crippen LogP contribution in [0.4, 0.5) is 4.79 Å². The highest BCUT2D eigenvalue weighted by molar-refractivity contribution is 7.09. The fraction of sp³-hybridized carbons (Fsp3) is 0.625. The third kappa shape index (κ3) is 5.02. The molecule has 0 aromatic carbocycles. The summed E-state index contributed by atoms with van der Waals surface area (Å²) < 4.78 is 5.38. The molecule has 0 spiro atoms. The van der Waals surface area contributed by atoms with Crippen LogP contribution in [0.3, 0.4) is 0 Å². The van der Waals surface area contributed by atoms with Gasteiger partial charge in [-0.2, -0.15) is 0 Å².